The molecule has 3 aromatic rings. The van der Waals surface area contributed by atoms with Gasteiger partial charge in [-0.3, -0.25) is 15.6 Å². The van der Waals surface area contributed by atoms with E-state index in [9.17, 15) is 4.79 Å². The van der Waals surface area contributed by atoms with Crippen molar-refractivity contribution in [3.63, 3.8) is 0 Å². The van der Waals surface area contributed by atoms with E-state index in [0.29, 0.717) is 5.56 Å². The number of ether oxygens (including phenoxy) is 1. The number of nitrogens with one attached hydrogen (secondary N) is 2. The number of carbonyl (C=O) groups excluding carboxylic acids is 1. The highest BCUT2D eigenvalue weighted by Crippen LogP contribution is 2.25. The summed E-state index contributed by atoms with van der Waals surface area (Å²) in [7, 11) is 0. The number of nitrogens with two attached hydrogens (primary N) is 1. The summed E-state index contributed by atoms with van der Waals surface area (Å²) in [5.74, 6) is 0.257. The van der Waals surface area contributed by atoms with E-state index in [1.54, 1.807) is 6.07 Å². The van der Waals surface area contributed by atoms with Gasteiger partial charge in [0.25, 0.3) is 5.91 Å². The highest BCUT2D eigenvalue weighted by Gasteiger charge is 2.13. The van der Waals surface area contributed by atoms with Crippen molar-refractivity contribution in [3.05, 3.63) is 54.4 Å². The second-order valence-corrected chi connectivity index (χ2v) is 5.71. The Morgan fingerprint density at radius 2 is 1.88 bits per heavy atom. The predicted molar refractivity (Wildman–Crippen MR) is 97.2 cm³/mol. The number of nitrogens with zero attached hydrogens (tertiary/aromatic N) is 2. The molecule has 1 aromatic heterocycles. The Morgan fingerprint density at radius 1 is 1.12 bits per heavy atom. The van der Waals surface area contributed by atoms with E-state index in [1.807, 2.05) is 50.2 Å². The molecule has 0 atom stereocenters. The molecule has 2 aromatic carbocycles. The van der Waals surface area contributed by atoms with E-state index >= 15 is 0 Å². The Balaban J connectivity index is 1.78. The Hall–Kier alpha value is -3.35. The first-order chi connectivity index (χ1) is 12.1. The Kier molecular flexibility index (Phi) is 4.65. The van der Waals surface area contributed by atoms with Gasteiger partial charge in [0.2, 0.25) is 5.88 Å². The number of benzene rings is 2. The van der Waals surface area contributed by atoms with Gasteiger partial charge in [0, 0.05) is 5.56 Å². The minimum atomic E-state index is -0.291. The van der Waals surface area contributed by atoms with Crippen molar-refractivity contribution in [2.75, 3.05) is 11.2 Å². The minimum absolute atomic E-state index is 0.0738. The number of hydrazine groups is 1. The molecule has 1 amide bonds. The zero-order valence-electron chi connectivity index (χ0n) is 14.0. The van der Waals surface area contributed by atoms with Gasteiger partial charge in [-0.05, 0) is 30.7 Å². The average Bonchev–Trinajstić information content (AvgIpc) is 2.61. The van der Waals surface area contributed by atoms with Crippen LogP contribution in [0, 0.1) is 0 Å². The Labute approximate surface area is 145 Å². The molecule has 0 unspecified atom stereocenters. The summed E-state index contributed by atoms with van der Waals surface area (Å²) < 4.78 is 5.51. The van der Waals surface area contributed by atoms with Gasteiger partial charge in [-0.2, -0.15) is 4.98 Å². The number of fused-ring (bicyclic) bond motifs is 1. The summed E-state index contributed by atoms with van der Waals surface area (Å²) in [6, 6.07) is 13.2. The monoisotopic (exact) mass is 337 g/mol. The van der Waals surface area contributed by atoms with Crippen LogP contribution < -0.4 is 21.3 Å². The van der Waals surface area contributed by atoms with Crippen LogP contribution in [0.5, 0.6) is 5.88 Å². The van der Waals surface area contributed by atoms with Gasteiger partial charge < -0.3 is 10.5 Å². The third-order valence-electron chi connectivity index (χ3n) is 3.52. The largest absolute Gasteiger partial charge is 0.473 e. The molecule has 25 heavy (non-hydrogen) atoms. The van der Waals surface area contributed by atoms with Crippen LogP contribution in [-0.4, -0.2) is 22.0 Å². The first-order valence-electron chi connectivity index (χ1n) is 7.87. The van der Waals surface area contributed by atoms with Crippen molar-refractivity contribution in [1.82, 2.24) is 15.4 Å². The summed E-state index contributed by atoms with van der Waals surface area (Å²) in [5, 5.41) is 1.85. The molecule has 7 heteroatoms. The Morgan fingerprint density at radius 3 is 2.68 bits per heavy atom. The number of amides is 1. The van der Waals surface area contributed by atoms with Crippen LogP contribution in [0.4, 0.5) is 11.5 Å². The molecule has 0 spiro atoms. The van der Waals surface area contributed by atoms with Gasteiger partial charge in [0.05, 0.1) is 6.10 Å². The second-order valence-electron chi connectivity index (χ2n) is 5.71. The van der Waals surface area contributed by atoms with Crippen molar-refractivity contribution < 1.29 is 9.53 Å². The number of nitrogen functional groups attached to an aromatic ring is 1. The van der Waals surface area contributed by atoms with Crippen LogP contribution in [0.2, 0.25) is 0 Å². The summed E-state index contributed by atoms with van der Waals surface area (Å²) in [5.41, 5.74) is 12.1. The van der Waals surface area contributed by atoms with E-state index < -0.39 is 0 Å². The van der Waals surface area contributed by atoms with Gasteiger partial charge in [-0.1, -0.05) is 36.4 Å². The second kappa shape index (κ2) is 7.04. The standard InChI is InChI=1S/C18H19N5O2/c1-11(2)25-18-15(19)16(20-10-21-18)22-23-17(24)14-9-5-7-12-6-3-4-8-13(12)14/h3-11H,19H2,1-2H3,(H,23,24)(H,20,21,22). The summed E-state index contributed by atoms with van der Waals surface area (Å²) in [4.78, 5) is 20.5. The maximum absolute atomic E-state index is 12.5. The lowest BCUT2D eigenvalue weighted by atomic mass is 10.0. The fraction of sp³-hybridized carbons (Fsp3) is 0.167. The molecule has 0 fully saturated rings. The molecular formula is C18H19N5O2. The van der Waals surface area contributed by atoms with Gasteiger partial charge in [-0.25, -0.2) is 4.98 Å². The minimum Gasteiger partial charge on any atom is -0.473 e. The number of anilines is 2. The van der Waals surface area contributed by atoms with Crippen LogP contribution >= 0.6 is 0 Å². The third kappa shape index (κ3) is 3.60. The third-order valence-corrected chi connectivity index (χ3v) is 3.52. The summed E-state index contributed by atoms with van der Waals surface area (Å²) >= 11 is 0. The summed E-state index contributed by atoms with van der Waals surface area (Å²) in [6.07, 6.45) is 1.25. The predicted octanol–water partition coefficient (Wildman–Crippen LogP) is 2.76. The number of hydrogen-bond donors (Lipinski definition) is 3. The zero-order valence-corrected chi connectivity index (χ0v) is 14.0. The number of hydrogen-bond acceptors (Lipinski definition) is 6. The van der Waals surface area contributed by atoms with Gasteiger partial charge in [0.15, 0.2) is 5.82 Å². The fourth-order valence-electron chi connectivity index (χ4n) is 2.40. The van der Waals surface area contributed by atoms with Gasteiger partial charge in [-0.15, -0.1) is 0 Å². The van der Waals surface area contributed by atoms with Crippen LogP contribution in [0.15, 0.2) is 48.8 Å². The molecule has 0 radical (unpaired) electrons. The van der Waals surface area contributed by atoms with Crippen molar-refractivity contribution in [1.29, 1.82) is 0 Å². The molecule has 0 saturated carbocycles. The van der Waals surface area contributed by atoms with Crippen molar-refractivity contribution in [2.45, 2.75) is 20.0 Å². The van der Waals surface area contributed by atoms with Crippen LogP contribution in [-0.2, 0) is 0 Å². The van der Waals surface area contributed by atoms with Crippen molar-refractivity contribution >= 4 is 28.2 Å². The van der Waals surface area contributed by atoms with E-state index in [0.717, 1.165) is 10.8 Å². The lowest BCUT2D eigenvalue weighted by molar-refractivity contribution is 0.0964. The molecule has 0 saturated heterocycles. The molecule has 3 rings (SSSR count). The van der Waals surface area contributed by atoms with E-state index in [1.165, 1.54) is 6.33 Å². The average molecular weight is 337 g/mol. The topological polar surface area (TPSA) is 102 Å². The normalized spacial score (nSPS) is 10.7. The SMILES string of the molecule is CC(C)Oc1ncnc(NNC(=O)c2cccc3ccccc23)c1N. The number of rotatable bonds is 5. The molecule has 7 nitrogen and oxygen atoms in total. The smallest absolute Gasteiger partial charge is 0.270 e. The van der Waals surface area contributed by atoms with Crippen molar-refractivity contribution in [3.8, 4) is 5.88 Å². The quantitative estimate of drug-likeness (QED) is 0.619. The highest BCUT2D eigenvalue weighted by atomic mass is 16.5. The highest BCUT2D eigenvalue weighted by molar-refractivity contribution is 6.07. The number of aromatic nitrogens is 2. The zero-order chi connectivity index (χ0) is 17.8. The molecule has 128 valence electrons. The number of carbonyl (C=O) groups is 1. The Bertz CT molecular complexity index is 906. The first-order valence-corrected chi connectivity index (χ1v) is 7.87. The first kappa shape index (κ1) is 16.5. The van der Waals surface area contributed by atoms with E-state index in [-0.39, 0.29) is 29.4 Å². The van der Waals surface area contributed by atoms with Crippen LogP contribution in [0.25, 0.3) is 10.8 Å². The lowest BCUT2D eigenvalue weighted by Crippen LogP contribution is -2.30. The van der Waals surface area contributed by atoms with Gasteiger partial charge in [0.1, 0.15) is 12.0 Å². The molecular weight excluding hydrogens is 318 g/mol. The lowest BCUT2D eigenvalue weighted by Gasteiger charge is -2.14. The molecule has 4 N–H and O–H groups in total. The fourth-order valence-corrected chi connectivity index (χ4v) is 2.40. The van der Waals surface area contributed by atoms with Crippen LogP contribution in [0.1, 0.15) is 24.2 Å². The molecule has 0 aliphatic carbocycles. The maximum Gasteiger partial charge on any atom is 0.270 e. The molecule has 1 heterocycles. The van der Waals surface area contributed by atoms with Gasteiger partial charge >= 0.3 is 0 Å². The molecule has 0 aliphatic rings. The van der Waals surface area contributed by atoms with E-state index in [2.05, 4.69) is 20.8 Å². The van der Waals surface area contributed by atoms with Crippen molar-refractivity contribution in [2.24, 2.45) is 0 Å². The van der Waals surface area contributed by atoms with Crippen LogP contribution in [0.3, 0.4) is 0 Å². The summed E-state index contributed by atoms with van der Waals surface area (Å²) in [6.45, 7) is 3.74. The maximum atomic E-state index is 12.5. The molecule has 0 aliphatic heterocycles. The molecule has 0 bridgehead atoms. The van der Waals surface area contributed by atoms with E-state index in [4.69, 9.17) is 10.5 Å².